The van der Waals surface area contributed by atoms with Gasteiger partial charge in [0.1, 0.15) is 5.75 Å². The summed E-state index contributed by atoms with van der Waals surface area (Å²) in [6.45, 7) is 0. The Bertz CT molecular complexity index is 1260. The lowest BCUT2D eigenvalue weighted by Gasteiger charge is -2.19. The van der Waals surface area contributed by atoms with E-state index in [0.717, 1.165) is 4.57 Å². The molecule has 0 saturated heterocycles. The molecule has 0 saturated carbocycles. The molecular weight excluding hydrogens is 433 g/mol. The number of rotatable bonds is 7. The lowest BCUT2D eigenvalue weighted by atomic mass is 9.97. The van der Waals surface area contributed by atoms with Crippen LogP contribution in [0.1, 0.15) is 18.0 Å². The number of carbonyl (C=O) groups excluding carboxylic acids is 1. The molecule has 1 aromatic heterocycles. The summed E-state index contributed by atoms with van der Waals surface area (Å²) in [7, 11) is 2.79. The quantitative estimate of drug-likeness (QED) is 0.433. The van der Waals surface area contributed by atoms with Crippen molar-refractivity contribution < 1.29 is 28.9 Å². The van der Waals surface area contributed by atoms with Crippen molar-refractivity contribution in [3.8, 4) is 22.6 Å². The molecule has 0 unspecified atom stereocenters. The van der Waals surface area contributed by atoms with E-state index >= 15 is 0 Å². The molecule has 9 nitrogen and oxygen atoms in total. The van der Waals surface area contributed by atoms with Gasteiger partial charge in [-0.1, -0.05) is 30.3 Å². The molecule has 1 heterocycles. The van der Waals surface area contributed by atoms with Crippen molar-refractivity contribution in [2.24, 2.45) is 7.05 Å². The highest BCUT2D eigenvalue weighted by molar-refractivity contribution is 5.91. The highest BCUT2D eigenvalue weighted by atomic mass is 19.1. The molecule has 1 atom stereocenters. The van der Waals surface area contributed by atoms with E-state index < -0.39 is 41.6 Å². The van der Waals surface area contributed by atoms with Crippen molar-refractivity contribution in [2.45, 2.75) is 12.5 Å². The number of carboxylic acids is 1. The van der Waals surface area contributed by atoms with Crippen molar-refractivity contribution >= 4 is 17.7 Å². The Morgan fingerprint density at radius 3 is 2.61 bits per heavy atom. The fourth-order valence-electron chi connectivity index (χ4n) is 3.29. The molecule has 10 heteroatoms. The SMILES string of the molecule is COc1cccc(-c2cccc([C@H](CC(=O)O)NC(=O)Nc3c(O)ccn(C)c3=O)c2)c1F. The molecule has 0 radical (unpaired) electrons. The molecule has 172 valence electrons. The Morgan fingerprint density at radius 1 is 1.18 bits per heavy atom. The van der Waals surface area contributed by atoms with Crippen molar-refractivity contribution in [2.75, 3.05) is 12.4 Å². The number of aryl methyl sites for hydroxylation is 1. The average Bonchev–Trinajstić information content (AvgIpc) is 2.79. The highest BCUT2D eigenvalue weighted by Gasteiger charge is 2.21. The highest BCUT2D eigenvalue weighted by Crippen LogP contribution is 2.31. The normalized spacial score (nSPS) is 11.5. The molecule has 3 rings (SSSR count). The molecule has 0 aliphatic rings. The number of nitrogens with one attached hydrogen (secondary N) is 2. The fraction of sp³-hybridized carbons (Fsp3) is 0.174. The van der Waals surface area contributed by atoms with Gasteiger partial charge in [0, 0.05) is 18.8 Å². The number of amides is 2. The van der Waals surface area contributed by atoms with Crippen LogP contribution in [-0.2, 0) is 11.8 Å². The standard InChI is InChI=1S/C23H22FN3O6/c1-27-10-9-17(28)21(22(27)31)26-23(32)25-16(12-19(29)30)14-6-3-5-13(11-14)15-7-4-8-18(33-2)20(15)24/h3-11,16,28H,12H2,1-2H3,(H,29,30)(H2,25,26,32)/t16-/m0/s1. The number of urea groups is 1. The minimum Gasteiger partial charge on any atom is -0.505 e. The summed E-state index contributed by atoms with van der Waals surface area (Å²) < 4.78 is 20.9. The van der Waals surface area contributed by atoms with Gasteiger partial charge in [-0.3, -0.25) is 9.59 Å². The number of nitrogens with zero attached hydrogens (tertiary/aromatic N) is 1. The molecule has 33 heavy (non-hydrogen) atoms. The van der Waals surface area contributed by atoms with Crippen LogP contribution in [0.25, 0.3) is 11.1 Å². The number of ether oxygens (including phenoxy) is 1. The second-order valence-electron chi connectivity index (χ2n) is 7.19. The Hall–Kier alpha value is -4.34. The molecule has 0 spiro atoms. The zero-order valence-electron chi connectivity index (χ0n) is 17.8. The van der Waals surface area contributed by atoms with E-state index in [1.165, 1.54) is 32.5 Å². The number of benzene rings is 2. The Labute approximate surface area is 188 Å². The first-order valence-corrected chi connectivity index (χ1v) is 9.82. The third kappa shape index (κ3) is 5.29. The smallest absolute Gasteiger partial charge is 0.319 e. The monoisotopic (exact) mass is 455 g/mol. The number of carboxylic acid groups (broad SMARTS) is 1. The van der Waals surface area contributed by atoms with Crippen LogP contribution in [0, 0.1) is 5.82 Å². The predicted molar refractivity (Wildman–Crippen MR) is 119 cm³/mol. The van der Waals surface area contributed by atoms with Gasteiger partial charge in [-0.25, -0.2) is 9.18 Å². The van der Waals surface area contributed by atoms with Crippen LogP contribution in [0.2, 0.25) is 0 Å². The second-order valence-corrected chi connectivity index (χ2v) is 7.19. The number of carbonyl (C=O) groups is 2. The molecular formula is C23H22FN3O6. The molecule has 0 aliphatic carbocycles. The number of aliphatic carboxylic acids is 1. The number of hydrogen-bond acceptors (Lipinski definition) is 5. The molecule has 3 aromatic rings. The number of halogens is 1. The van der Waals surface area contributed by atoms with Crippen LogP contribution in [0.4, 0.5) is 14.9 Å². The zero-order valence-corrected chi connectivity index (χ0v) is 17.8. The van der Waals surface area contributed by atoms with E-state index in [1.54, 1.807) is 36.4 Å². The number of methoxy groups -OCH3 is 1. The molecule has 0 bridgehead atoms. The van der Waals surface area contributed by atoms with E-state index in [4.69, 9.17) is 4.74 Å². The van der Waals surface area contributed by atoms with Crippen molar-refractivity contribution in [3.05, 3.63) is 76.5 Å². The van der Waals surface area contributed by atoms with Gasteiger partial charge in [0.2, 0.25) is 0 Å². The molecule has 2 aromatic carbocycles. The number of pyridine rings is 1. The van der Waals surface area contributed by atoms with E-state index in [-0.39, 0.29) is 17.0 Å². The largest absolute Gasteiger partial charge is 0.505 e. The van der Waals surface area contributed by atoms with Crippen LogP contribution in [-0.4, -0.2) is 33.9 Å². The van der Waals surface area contributed by atoms with Crippen LogP contribution in [0.3, 0.4) is 0 Å². The molecule has 2 amide bonds. The van der Waals surface area contributed by atoms with Gasteiger partial charge in [-0.05, 0) is 29.3 Å². The number of hydrogen-bond donors (Lipinski definition) is 4. The molecule has 0 aliphatic heterocycles. The van der Waals surface area contributed by atoms with Gasteiger partial charge in [-0.15, -0.1) is 0 Å². The summed E-state index contributed by atoms with van der Waals surface area (Å²) in [6.07, 6.45) is 0.855. The second kappa shape index (κ2) is 9.86. The van der Waals surface area contributed by atoms with E-state index in [1.807, 2.05) is 0 Å². The maximum absolute atomic E-state index is 14.7. The number of anilines is 1. The Morgan fingerprint density at radius 2 is 1.91 bits per heavy atom. The van der Waals surface area contributed by atoms with Crippen molar-refractivity contribution in [1.29, 1.82) is 0 Å². The fourth-order valence-corrected chi connectivity index (χ4v) is 3.29. The van der Waals surface area contributed by atoms with Gasteiger partial charge in [-0.2, -0.15) is 0 Å². The third-order valence-electron chi connectivity index (χ3n) is 4.95. The lowest BCUT2D eigenvalue weighted by molar-refractivity contribution is -0.137. The minimum atomic E-state index is -1.18. The van der Waals surface area contributed by atoms with E-state index in [9.17, 15) is 29.0 Å². The maximum atomic E-state index is 14.7. The molecule has 0 fully saturated rings. The summed E-state index contributed by atoms with van der Waals surface area (Å²) in [5.74, 6) is -2.13. The molecule has 4 N–H and O–H groups in total. The average molecular weight is 455 g/mol. The van der Waals surface area contributed by atoms with E-state index in [0.29, 0.717) is 11.1 Å². The van der Waals surface area contributed by atoms with Gasteiger partial charge in [0.05, 0.1) is 19.6 Å². The minimum absolute atomic E-state index is 0.0572. The summed E-state index contributed by atoms with van der Waals surface area (Å²) >= 11 is 0. The van der Waals surface area contributed by atoms with Gasteiger partial charge < -0.3 is 30.2 Å². The number of aromatic hydroxyl groups is 1. The maximum Gasteiger partial charge on any atom is 0.319 e. The Balaban J connectivity index is 1.91. The Kier molecular flexibility index (Phi) is 6.97. The van der Waals surface area contributed by atoms with Crippen molar-refractivity contribution in [3.63, 3.8) is 0 Å². The van der Waals surface area contributed by atoms with Crippen LogP contribution in [0.5, 0.6) is 11.5 Å². The first kappa shape index (κ1) is 23.3. The zero-order chi connectivity index (χ0) is 24.1. The van der Waals surface area contributed by atoms with Gasteiger partial charge >= 0.3 is 12.0 Å². The van der Waals surface area contributed by atoms with Crippen molar-refractivity contribution in [1.82, 2.24) is 9.88 Å². The summed E-state index contributed by atoms with van der Waals surface area (Å²) in [5, 5.41) is 24.0. The summed E-state index contributed by atoms with van der Waals surface area (Å²) in [6, 6.07) is 10.4. The number of aromatic nitrogens is 1. The summed E-state index contributed by atoms with van der Waals surface area (Å²) in [4.78, 5) is 36.1. The summed E-state index contributed by atoms with van der Waals surface area (Å²) in [5.41, 5.74) is 0.107. The first-order valence-electron chi connectivity index (χ1n) is 9.82. The predicted octanol–water partition coefficient (Wildman–Crippen LogP) is 3.24. The topological polar surface area (TPSA) is 130 Å². The van der Waals surface area contributed by atoms with Crippen LogP contribution in [0.15, 0.2) is 59.5 Å². The van der Waals surface area contributed by atoms with Crippen LogP contribution >= 0.6 is 0 Å². The lowest BCUT2D eigenvalue weighted by Crippen LogP contribution is -2.36. The third-order valence-corrected chi connectivity index (χ3v) is 4.95. The van der Waals surface area contributed by atoms with Gasteiger partial charge in [0.25, 0.3) is 5.56 Å². The van der Waals surface area contributed by atoms with E-state index in [2.05, 4.69) is 10.6 Å². The first-order chi connectivity index (χ1) is 15.7. The van der Waals surface area contributed by atoms with Gasteiger partial charge in [0.15, 0.2) is 17.3 Å². The van der Waals surface area contributed by atoms with Crippen LogP contribution < -0.4 is 20.9 Å².